The number of alkyl halides is 3. The second-order valence-electron chi connectivity index (χ2n) is 3.92. The fraction of sp³-hybridized carbons (Fsp3) is 0.385. The Bertz CT molecular complexity index is 568. The third-order valence-electron chi connectivity index (χ3n) is 2.54. The van der Waals surface area contributed by atoms with Crippen LogP contribution in [-0.4, -0.2) is 18.1 Å². The molecule has 2 N–H and O–H groups in total. The average molecular weight is 318 g/mol. The number of hydrogen-bond acceptors (Lipinski definition) is 5. The molecule has 0 aliphatic carbocycles. The highest BCUT2D eigenvalue weighted by molar-refractivity contribution is 8.00. The minimum absolute atomic E-state index is 0.000182. The predicted molar refractivity (Wildman–Crippen MR) is 71.3 cm³/mol. The van der Waals surface area contributed by atoms with E-state index in [-0.39, 0.29) is 47.4 Å². The average Bonchev–Trinajstić information content (AvgIpc) is 2.38. The summed E-state index contributed by atoms with van der Waals surface area (Å²) in [6.45, 7) is 1.60. The number of nitrogens with zero attached hydrogens (tertiary/aromatic N) is 1. The van der Waals surface area contributed by atoms with Gasteiger partial charge in [0.15, 0.2) is 0 Å². The summed E-state index contributed by atoms with van der Waals surface area (Å²) in [5.41, 5.74) is 1.38. The van der Waals surface area contributed by atoms with Gasteiger partial charge in [0.2, 0.25) is 0 Å². The number of benzene rings is 1. The Kier molecular flexibility index (Phi) is 6.05. The maximum Gasteiger partial charge on any atom is 0.446 e. The summed E-state index contributed by atoms with van der Waals surface area (Å²) in [5.74, 6) is -0.548. The van der Waals surface area contributed by atoms with E-state index in [1.54, 1.807) is 6.92 Å². The molecule has 0 radical (unpaired) electrons. The van der Waals surface area contributed by atoms with E-state index in [0.717, 1.165) is 0 Å². The molecular weight excluding hydrogens is 305 g/mol. The van der Waals surface area contributed by atoms with Crippen molar-refractivity contribution in [1.29, 1.82) is 5.26 Å². The van der Waals surface area contributed by atoms with Crippen molar-refractivity contribution in [1.82, 2.24) is 0 Å². The van der Waals surface area contributed by atoms with Crippen molar-refractivity contribution < 1.29 is 22.7 Å². The normalized spacial score (nSPS) is 11.0. The van der Waals surface area contributed by atoms with Crippen molar-refractivity contribution in [2.24, 2.45) is 5.73 Å². The smallest absolute Gasteiger partial charge is 0.446 e. The van der Waals surface area contributed by atoms with Crippen molar-refractivity contribution in [3.05, 3.63) is 28.8 Å². The first-order valence-electron chi connectivity index (χ1n) is 5.98. The van der Waals surface area contributed by atoms with Gasteiger partial charge in [0.25, 0.3) is 0 Å². The molecule has 0 saturated heterocycles. The number of carbonyl (C=O) groups excluding carboxylic acids is 1. The number of nitrogens with two attached hydrogens (primary N) is 1. The van der Waals surface area contributed by atoms with Crippen LogP contribution in [0.4, 0.5) is 13.2 Å². The maximum absolute atomic E-state index is 12.5. The molecule has 1 rings (SSSR count). The summed E-state index contributed by atoms with van der Waals surface area (Å²) in [6, 6.07) is 4.36. The number of thioether (sulfide) groups is 1. The van der Waals surface area contributed by atoms with Crippen LogP contribution >= 0.6 is 11.8 Å². The number of halogens is 3. The lowest BCUT2D eigenvalue weighted by molar-refractivity contribution is -0.142. The van der Waals surface area contributed by atoms with E-state index in [1.165, 1.54) is 12.1 Å². The minimum Gasteiger partial charge on any atom is -0.466 e. The zero-order valence-electron chi connectivity index (χ0n) is 11.2. The highest BCUT2D eigenvalue weighted by Crippen LogP contribution is 2.39. The SMILES string of the molecule is CCOC(=O)Cc1ccc(SC(F)(F)F)c(CN)c1C#N. The minimum atomic E-state index is -4.47. The molecule has 0 atom stereocenters. The van der Waals surface area contributed by atoms with Crippen LogP contribution < -0.4 is 5.73 Å². The largest absolute Gasteiger partial charge is 0.466 e. The maximum atomic E-state index is 12.5. The lowest BCUT2D eigenvalue weighted by Crippen LogP contribution is -2.12. The Hall–Kier alpha value is -1.72. The molecule has 0 aliphatic rings. The van der Waals surface area contributed by atoms with Gasteiger partial charge in [-0.3, -0.25) is 4.79 Å². The molecule has 0 heterocycles. The second kappa shape index (κ2) is 7.33. The van der Waals surface area contributed by atoms with E-state index in [1.807, 2.05) is 6.07 Å². The topological polar surface area (TPSA) is 76.1 Å². The number of rotatable bonds is 5. The van der Waals surface area contributed by atoms with Gasteiger partial charge < -0.3 is 10.5 Å². The third kappa shape index (κ3) is 4.95. The Labute approximate surface area is 124 Å². The Morgan fingerprint density at radius 3 is 2.62 bits per heavy atom. The predicted octanol–water partition coefficient (Wildman–Crippen LogP) is 2.73. The van der Waals surface area contributed by atoms with Gasteiger partial charge in [0.05, 0.1) is 24.7 Å². The molecule has 0 aliphatic heterocycles. The van der Waals surface area contributed by atoms with Crippen molar-refractivity contribution in [3.8, 4) is 6.07 Å². The standard InChI is InChI=1S/C13H13F3N2O2S/c1-2-20-12(19)5-8-3-4-11(21-13(14,15)16)10(7-18)9(8)6-17/h3-4H,2,5,7,18H2,1H3. The molecule has 0 amide bonds. The van der Waals surface area contributed by atoms with E-state index in [4.69, 9.17) is 15.7 Å². The fourth-order valence-corrected chi connectivity index (χ4v) is 2.45. The van der Waals surface area contributed by atoms with Crippen molar-refractivity contribution >= 4 is 17.7 Å². The number of carbonyl (C=O) groups is 1. The highest BCUT2D eigenvalue weighted by Gasteiger charge is 2.31. The zero-order chi connectivity index (χ0) is 16.0. The van der Waals surface area contributed by atoms with Gasteiger partial charge in [-0.15, -0.1) is 0 Å². The Morgan fingerprint density at radius 2 is 2.14 bits per heavy atom. The number of ether oxygens (including phenoxy) is 1. The molecule has 0 aromatic heterocycles. The first-order chi connectivity index (χ1) is 9.82. The molecule has 1 aromatic rings. The summed E-state index contributed by atoms with van der Waals surface area (Å²) in [4.78, 5) is 11.3. The molecule has 0 fully saturated rings. The van der Waals surface area contributed by atoms with Gasteiger partial charge in [-0.2, -0.15) is 18.4 Å². The molecule has 1 aromatic carbocycles. The molecule has 114 valence electrons. The van der Waals surface area contributed by atoms with E-state index < -0.39 is 11.5 Å². The summed E-state index contributed by atoms with van der Waals surface area (Å²) in [7, 11) is 0. The summed E-state index contributed by atoms with van der Waals surface area (Å²) < 4.78 is 42.2. The van der Waals surface area contributed by atoms with Gasteiger partial charge >= 0.3 is 11.5 Å². The number of nitriles is 1. The lowest BCUT2D eigenvalue weighted by atomic mass is 9.99. The van der Waals surface area contributed by atoms with Crippen LogP contribution in [0.1, 0.15) is 23.6 Å². The van der Waals surface area contributed by atoms with Crippen LogP contribution in [-0.2, 0) is 22.5 Å². The van der Waals surface area contributed by atoms with Crippen LogP contribution in [0.5, 0.6) is 0 Å². The highest BCUT2D eigenvalue weighted by atomic mass is 32.2. The number of esters is 1. The monoisotopic (exact) mass is 318 g/mol. The van der Waals surface area contributed by atoms with E-state index in [0.29, 0.717) is 5.56 Å². The fourth-order valence-electron chi connectivity index (χ4n) is 1.75. The van der Waals surface area contributed by atoms with E-state index in [2.05, 4.69) is 0 Å². The van der Waals surface area contributed by atoms with Gasteiger partial charge in [-0.25, -0.2) is 0 Å². The zero-order valence-corrected chi connectivity index (χ0v) is 12.0. The number of hydrogen-bond donors (Lipinski definition) is 1. The van der Waals surface area contributed by atoms with Crippen LogP contribution in [0, 0.1) is 11.3 Å². The van der Waals surface area contributed by atoms with Gasteiger partial charge in [-0.1, -0.05) is 6.07 Å². The van der Waals surface area contributed by atoms with Crippen molar-refractivity contribution in [2.45, 2.75) is 30.3 Å². The molecule has 0 unspecified atom stereocenters. The molecule has 21 heavy (non-hydrogen) atoms. The molecule has 0 saturated carbocycles. The molecule has 0 bridgehead atoms. The second-order valence-corrected chi connectivity index (χ2v) is 5.03. The summed E-state index contributed by atoms with van der Waals surface area (Å²) in [5, 5.41) is 9.15. The molecule has 0 spiro atoms. The Morgan fingerprint density at radius 1 is 1.48 bits per heavy atom. The molecular formula is C13H13F3N2O2S. The molecule has 8 heteroatoms. The quantitative estimate of drug-likeness (QED) is 0.667. The van der Waals surface area contributed by atoms with Crippen LogP contribution in [0.15, 0.2) is 17.0 Å². The summed E-state index contributed by atoms with van der Waals surface area (Å²) >= 11 is -0.328. The van der Waals surface area contributed by atoms with E-state index >= 15 is 0 Å². The Balaban J connectivity index is 3.20. The van der Waals surface area contributed by atoms with Crippen LogP contribution in [0.2, 0.25) is 0 Å². The summed E-state index contributed by atoms with van der Waals surface area (Å²) in [6.07, 6.45) is -0.180. The lowest BCUT2D eigenvalue weighted by Gasteiger charge is -2.14. The van der Waals surface area contributed by atoms with Gasteiger partial charge in [0.1, 0.15) is 0 Å². The van der Waals surface area contributed by atoms with Crippen molar-refractivity contribution in [2.75, 3.05) is 6.61 Å². The van der Waals surface area contributed by atoms with Crippen LogP contribution in [0.25, 0.3) is 0 Å². The molecule has 4 nitrogen and oxygen atoms in total. The van der Waals surface area contributed by atoms with Crippen molar-refractivity contribution in [3.63, 3.8) is 0 Å². The van der Waals surface area contributed by atoms with E-state index in [9.17, 15) is 18.0 Å². The van der Waals surface area contributed by atoms with Gasteiger partial charge in [0, 0.05) is 11.4 Å². The van der Waals surface area contributed by atoms with Gasteiger partial charge in [-0.05, 0) is 35.9 Å². The first kappa shape index (κ1) is 17.3. The third-order valence-corrected chi connectivity index (χ3v) is 3.37. The first-order valence-corrected chi connectivity index (χ1v) is 6.80. The van der Waals surface area contributed by atoms with Crippen LogP contribution in [0.3, 0.4) is 0 Å².